The molecular formula is C9H9ClOS. The molecule has 0 aromatic carbocycles. The predicted molar refractivity (Wildman–Crippen MR) is 50.9 cm³/mol. The quantitative estimate of drug-likeness (QED) is 0.718. The molecule has 0 saturated heterocycles. The highest BCUT2D eigenvalue weighted by atomic mass is 35.5. The number of hydrogen-bond acceptors (Lipinski definition) is 2. The van der Waals surface area contributed by atoms with Gasteiger partial charge in [0.15, 0.2) is 0 Å². The van der Waals surface area contributed by atoms with E-state index in [9.17, 15) is 4.79 Å². The molecule has 0 N–H and O–H groups in total. The van der Waals surface area contributed by atoms with E-state index in [1.165, 1.54) is 0 Å². The van der Waals surface area contributed by atoms with Crippen molar-refractivity contribution < 1.29 is 4.79 Å². The van der Waals surface area contributed by atoms with Crippen molar-refractivity contribution in [2.75, 3.05) is 0 Å². The number of thiophene rings is 1. The van der Waals surface area contributed by atoms with Crippen molar-refractivity contribution in [1.29, 1.82) is 0 Å². The second-order valence-corrected chi connectivity index (χ2v) is 4.56. The molecule has 1 aromatic rings. The van der Waals surface area contributed by atoms with Crippen LogP contribution in [0, 0.1) is 0 Å². The molecule has 1 aromatic heterocycles. The Morgan fingerprint density at radius 1 is 1.67 bits per heavy atom. The topological polar surface area (TPSA) is 17.1 Å². The van der Waals surface area contributed by atoms with E-state index in [-0.39, 0.29) is 11.2 Å². The summed E-state index contributed by atoms with van der Waals surface area (Å²) in [7, 11) is 0. The maximum atomic E-state index is 11.3. The van der Waals surface area contributed by atoms with E-state index in [4.69, 9.17) is 11.6 Å². The molecular weight excluding hydrogens is 192 g/mol. The fourth-order valence-electron chi connectivity index (χ4n) is 1.50. The lowest BCUT2D eigenvalue weighted by Gasteiger charge is -2.08. The van der Waals surface area contributed by atoms with Crippen LogP contribution in [-0.2, 0) is 10.2 Å². The predicted octanol–water partition coefficient (Wildman–Crippen LogP) is 3.02. The molecule has 0 bridgehead atoms. The lowest BCUT2D eigenvalue weighted by molar-refractivity contribution is -0.119. The fraction of sp³-hybridized carbons (Fsp3) is 0.444. The third-order valence-corrected chi connectivity index (χ3v) is 4.02. The Morgan fingerprint density at radius 3 is 2.67 bits per heavy atom. The van der Waals surface area contributed by atoms with Crippen LogP contribution in [0.25, 0.3) is 0 Å². The minimum Gasteiger partial charge on any atom is -0.299 e. The number of carbonyl (C=O) groups excluding carboxylic acids is 1. The van der Waals surface area contributed by atoms with Gasteiger partial charge in [-0.15, -0.1) is 11.3 Å². The highest BCUT2D eigenvalue weighted by Gasteiger charge is 2.50. The Hall–Kier alpha value is -0.340. The summed E-state index contributed by atoms with van der Waals surface area (Å²) in [4.78, 5) is 12.4. The molecule has 1 aliphatic carbocycles. The lowest BCUT2D eigenvalue weighted by Crippen LogP contribution is -2.15. The largest absolute Gasteiger partial charge is 0.299 e. The summed E-state index contributed by atoms with van der Waals surface area (Å²) in [6.07, 6.45) is 1.95. The van der Waals surface area contributed by atoms with Gasteiger partial charge in [-0.3, -0.25) is 4.79 Å². The molecule has 3 heteroatoms. The molecule has 0 amide bonds. The number of halogens is 1. The molecule has 64 valence electrons. The van der Waals surface area contributed by atoms with Gasteiger partial charge in [0.1, 0.15) is 5.78 Å². The van der Waals surface area contributed by atoms with Crippen molar-refractivity contribution in [2.45, 2.75) is 25.2 Å². The van der Waals surface area contributed by atoms with Crippen molar-refractivity contribution >= 4 is 28.7 Å². The van der Waals surface area contributed by atoms with Crippen LogP contribution in [0.1, 0.15) is 24.6 Å². The average molecular weight is 201 g/mol. The van der Waals surface area contributed by atoms with Crippen molar-refractivity contribution in [2.24, 2.45) is 0 Å². The lowest BCUT2D eigenvalue weighted by atomic mass is 10.0. The van der Waals surface area contributed by atoms with Crippen LogP contribution >= 0.6 is 22.9 Å². The first-order chi connectivity index (χ1) is 5.67. The second-order valence-electron chi connectivity index (χ2n) is 3.24. The van der Waals surface area contributed by atoms with Crippen molar-refractivity contribution in [3.8, 4) is 0 Å². The summed E-state index contributed by atoms with van der Waals surface area (Å²) in [5.74, 6) is 0.256. The minimum absolute atomic E-state index is 0.189. The van der Waals surface area contributed by atoms with Gasteiger partial charge in [-0.25, -0.2) is 0 Å². The van der Waals surface area contributed by atoms with Gasteiger partial charge < -0.3 is 0 Å². The SMILES string of the molecule is CC(=O)C1(c2sccc2Cl)CC1. The summed E-state index contributed by atoms with van der Waals surface area (Å²) in [5, 5.41) is 2.70. The summed E-state index contributed by atoms with van der Waals surface area (Å²) in [5.41, 5.74) is -0.189. The number of rotatable bonds is 2. The first kappa shape index (κ1) is 8.27. The van der Waals surface area contributed by atoms with Crippen LogP contribution in [0.4, 0.5) is 0 Å². The monoisotopic (exact) mass is 200 g/mol. The first-order valence-electron chi connectivity index (χ1n) is 3.91. The molecule has 0 spiro atoms. The molecule has 1 saturated carbocycles. The van der Waals surface area contributed by atoms with Crippen LogP contribution in [0.5, 0.6) is 0 Å². The first-order valence-corrected chi connectivity index (χ1v) is 5.17. The minimum atomic E-state index is -0.189. The van der Waals surface area contributed by atoms with E-state index in [0.717, 1.165) is 22.7 Å². The van der Waals surface area contributed by atoms with Crippen molar-refractivity contribution in [1.82, 2.24) is 0 Å². The Balaban J connectivity index is 2.43. The number of carbonyl (C=O) groups is 1. The standard InChI is InChI=1S/C9H9ClOS/c1-6(11)9(3-4-9)8-7(10)2-5-12-8/h2,5H,3-4H2,1H3. The number of hydrogen-bond donors (Lipinski definition) is 0. The number of ketones is 1. The third-order valence-electron chi connectivity index (χ3n) is 2.48. The average Bonchev–Trinajstić information content (AvgIpc) is 2.71. The van der Waals surface area contributed by atoms with E-state index in [1.54, 1.807) is 18.3 Å². The third kappa shape index (κ3) is 1.02. The fourth-order valence-corrected chi connectivity index (χ4v) is 3.05. The van der Waals surface area contributed by atoms with E-state index in [2.05, 4.69) is 0 Å². The number of Topliss-reactive ketones (excluding diaryl/α,β-unsaturated/α-hetero) is 1. The van der Waals surface area contributed by atoms with Gasteiger partial charge in [-0.1, -0.05) is 11.6 Å². The van der Waals surface area contributed by atoms with Gasteiger partial charge in [-0.2, -0.15) is 0 Å². The molecule has 1 nitrogen and oxygen atoms in total. The zero-order valence-electron chi connectivity index (χ0n) is 6.76. The molecule has 0 radical (unpaired) electrons. The molecule has 2 rings (SSSR count). The summed E-state index contributed by atoms with van der Waals surface area (Å²) in [6, 6.07) is 1.87. The van der Waals surface area contributed by atoms with Crippen LogP contribution < -0.4 is 0 Å². The van der Waals surface area contributed by atoms with Crippen LogP contribution in [0.2, 0.25) is 5.02 Å². The van der Waals surface area contributed by atoms with E-state index >= 15 is 0 Å². The second kappa shape index (κ2) is 2.57. The molecule has 0 atom stereocenters. The Kier molecular flexibility index (Phi) is 1.77. The van der Waals surface area contributed by atoms with E-state index in [0.29, 0.717) is 0 Å². The zero-order valence-corrected chi connectivity index (χ0v) is 8.34. The zero-order chi connectivity index (χ0) is 8.77. The Morgan fingerprint density at radius 2 is 2.33 bits per heavy atom. The molecule has 0 aliphatic heterocycles. The van der Waals surface area contributed by atoms with Gasteiger partial charge >= 0.3 is 0 Å². The molecule has 12 heavy (non-hydrogen) atoms. The van der Waals surface area contributed by atoms with Crippen LogP contribution in [-0.4, -0.2) is 5.78 Å². The normalized spacial score (nSPS) is 19.2. The highest BCUT2D eigenvalue weighted by Crippen LogP contribution is 2.53. The van der Waals surface area contributed by atoms with E-state index in [1.807, 2.05) is 11.4 Å². The van der Waals surface area contributed by atoms with Gasteiger partial charge in [0.2, 0.25) is 0 Å². The molecule has 1 fully saturated rings. The van der Waals surface area contributed by atoms with Crippen molar-refractivity contribution in [3.05, 3.63) is 21.3 Å². The van der Waals surface area contributed by atoms with Gasteiger partial charge in [0, 0.05) is 4.88 Å². The van der Waals surface area contributed by atoms with E-state index < -0.39 is 0 Å². The Bertz CT molecular complexity index is 325. The Labute approximate surface area is 80.4 Å². The summed E-state index contributed by atoms with van der Waals surface area (Å²) in [6.45, 7) is 1.66. The maximum absolute atomic E-state index is 11.3. The van der Waals surface area contributed by atoms with Crippen LogP contribution in [0.15, 0.2) is 11.4 Å². The van der Waals surface area contributed by atoms with Gasteiger partial charge in [0.25, 0.3) is 0 Å². The highest BCUT2D eigenvalue weighted by molar-refractivity contribution is 7.11. The molecule has 1 heterocycles. The van der Waals surface area contributed by atoms with Gasteiger partial charge in [-0.05, 0) is 31.2 Å². The van der Waals surface area contributed by atoms with Crippen molar-refractivity contribution in [3.63, 3.8) is 0 Å². The maximum Gasteiger partial charge on any atom is 0.141 e. The molecule has 0 unspecified atom stereocenters. The summed E-state index contributed by atoms with van der Waals surface area (Å²) < 4.78 is 0. The van der Waals surface area contributed by atoms with Crippen LogP contribution in [0.3, 0.4) is 0 Å². The van der Waals surface area contributed by atoms with Gasteiger partial charge in [0.05, 0.1) is 10.4 Å². The molecule has 1 aliphatic rings. The smallest absolute Gasteiger partial charge is 0.141 e. The summed E-state index contributed by atoms with van der Waals surface area (Å²) >= 11 is 7.56.